The SMILES string of the molecule is C=CCNC(=O)COC(=O)c1cc2c(C)nn(-c3ccccc3)c2s1. The van der Waals surface area contributed by atoms with E-state index in [1.165, 1.54) is 11.3 Å². The van der Waals surface area contributed by atoms with Gasteiger partial charge >= 0.3 is 5.97 Å². The van der Waals surface area contributed by atoms with Crippen molar-refractivity contribution in [3.05, 3.63) is 59.6 Å². The lowest BCUT2D eigenvalue weighted by molar-refractivity contribution is -0.124. The van der Waals surface area contributed by atoms with Gasteiger partial charge in [-0.1, -0.05) is 24.3 Å². The Morgan fingerprint density at radius 1 is 1.36 bits per heavy atom. The zero-order valence-corrected chi connectivity index (χ0v) is 14.5. The Morgan fingerprint density at radius 3 is 2.84 bits per heavy atom. The van der Waals surface area contributed by atoms with E-state index in [0.717, 1.165) is 21.6 Å². The number of aryl methyl sites for hydroxylation is 1. The standard InChI is InChI=1S/C18H17N3O3S/c1-3-9-19-16(22)11-24-18(23)15-10-14-12(2)20-21(17(14)25-15)13-7-5-4-6-8-13/h3-8,10H,1,9,11H2,2H3,(H,19,22). The molecule has 0 bridgehead atoms. The molecule has 0 saturated carbocycles. The van der Waals surface area contributed by atoms with Crippen molar-refractivity contribution in [1.29, 1.82) is 0 Å². The van der Waals surface area contributed by atoms with Crippen molar-refractivity contribution < 1.29 is 14.3 Å². The molecule has 0 unspecified atom stereocenters. The van der Waals surface area contributed by atoms with Crippen molar-refractivity contribution in [2.45, 2.75) is 6.92 Å². The fraction of sp³-hybridized carbons (Fsp3) is 0.167. The van der Waals surface area contributed by atoms with Gasteiger partial charge in [-0.15, -0.1) is 17.9 Å². The summed E-state index contributed by atoms with van der Waals surface area (Å²) in [5, 5.41) is 7.99. The molecule has 6 nitrogen and oxygen atoms in total. The van der Waals surface area contributed by atoms with Gasteiger partial charge < -0.3 is 10.1 Å². The summed E-state index contributed by atoms with van der Waals surface area (Å²) < 4.78 is 6.88. The third-order valence-electron chi connectivity index (χ3n) is 3.52. The summed E-state index contributed by atoms with van der Waals surface area (Å²) >= 11 is 1.30. The third-order valence-corrected chi connectivity index (χ3v) is 4.62. The molecule has 0 fully saturated rings. The summed E-state index contributed by atoms with van der Waals surface area (Å²) in [5.74, 6) is -0.880. The predicted molar refractivity (Wildman–Crippen MR) is 97.2 cm³/mol. The number of nitrogens with zero attached hydrogens (tertiary/aromatic N) is 2. The van der Waals surface area contributed by atoms with Crippen LogP contribution >= 0.6 is 11.3 Å². The van der Waals surface area contributed by atoms with Gasteiger partial charge in [0.2, 0.25) is 0 Å². The summed E-state index contributed by atoms with van der Waals surface area (Å²) in [4.78, 5) is 25.0. The number of thiophene rings is 1. The number of rotatable bonds is 6. The Kier molecular flexibility index (Phi) is 4.95. The van der Waals surface area contributed by atoms with Crippen molar-refractivity contribution >= 4 is 33.4 Å². The first-order valence-corrected chi connectivity index (χ1v) is 8.51. The van der Waals surface area contributed by atoms with Gasteiger partial charge in [0, 0.05) is 11.9 Å². The zero-order chi connectivity index (χ0) is 17.8. The average molecular weight is 355 g/mol. The molecule has 3 rings (SSSR count). The highest BCUT2D eigenvalue weighted by atomic mass is 32.1. The molecular formula is C18H17N3O3S. The molecule has 2 aromatic heterocycles. The Hall–Kier alpha value is -2.93. The maximum atomic E-state index is 12.2. The highest BCUT2D eigenvalue weighted by molar-refractivity contribution is 7.20. The van der Waals surface area contributed by atoms with E-state index in [4.69, 9.17) is 4.74 Å². The Balaban J connectivity index is 1.81. The summed E-state index contributed by atoms with van der Waals surface area (Å²) in [7, 11) is 0. The largest absolute Gasteiger partial charge is 0.451 e. The molecule has 128 valence electrons. The van der Waals surface area contributed by atoms with Crippen LogP contribution in [-0.4, -0.2) is 34.8 Å². The summed E-state index contributed by atoms with van der Waals surface area (Å²) in [5.41, 5.74) is 1.75. The second-order valence-corrected chi connectivity index (χ2v) is 6.36. The van der Waals surface area contributed by atoms with Gasteiger partial charge in [-0.05, 0) is 25.1 Å². The number of esters is 1. The van der Waals surface area contributed by atoms with Crippen LogP contribution in [0.4, 0.5) is 0 Å². The number of hydrogen-bond donors (Lipinski definition) is 1. The predicted octanol–water partition coefficient (Wildman–Crippen LogP) is 2.85. The molecule has 0 spiro atoms. The van der Waals surface area contributed by atoms with Gasteiger partial charge in [0.05, 0.1) is 11.4 Å². The van der Waals surface area contributed by atoms with E-state index in [-0.39, 0.29) is 12.5 Å². The lowest BCUT2D eigenvalue weighted by Crippen LogP contribution is -2.28. The van der Waals surface area contributed by atoms with Crippen LogP contribution in [-0.2, 0) is 9.53 Å². The number of fused-ring (bicyclic) bond motifs is 1. The zero-order valence-electron chi connectivity index (χ0n) is 13.7. The lowest BCUT2D eigenvalue weighted by atomic mass is 10.3. The first kappa shape index (κ1) is 16.9. The van der Waals surface area contributed by atoms with E-state index in [9.17, 15) is 9.59 Å². The van der Waals surface area contributed by atoms with E-state index in [2.05, 4.69) is 17.0 Å². The number of para-hydroxylation sites is 1. The van der Waals surface area contributed by atoms with Gasteiger partial charge in [0.1, 0.15) is 9.71 Å². The number of carbonyl (C=O) groups is 2. The minimum atomic E-state index is -0.519. The number of aromatic nitrogens is 2. The first-order chi connectivity index (χ1) is 12.1. The highest BCUT2D eigenvalue weighted by Gasteiger charge is 2.18. The summed E-state index contributed by atoms with van der Waals surface area (Å²) in [6, 6.07) is 11.5. The highest BCUT2D eigenvalue weighted by Crippen LogP contribution is 2.30. The number of carbonyl (C=O) groups excluding carboxylic acids is 2. The molecule has 1 N–H and O–H groups in total. The van der Waals surface area contributed by atoms with Crippen LogP contribution in [0.25, 0.3) is 15.9 Å². The van der Waals surface area contributed by atoms with Crippen LogP contribution < -0.4 is 5.32 Å². The third kappa shape index (κ3) is 3.61. The van der Waals surface area contributed by atoms with Crippen LogP contribution in [0, 0.1) is 6.92 Å². The minimum Gasteiger partial charge on any atom is -0.451 e. The minimum absolute atomic E-state index is 0.315. The molecule has 25 heavy (non-hydrogen) atoms. The molecule has 1 amide bonds. The van der Waals surface area contributed by atoms with Gasteiger partial charge in [0.25, 0.3) is 5.91 Å². The maximum Gasteiger partial charge on any atom is 0.348 e. The Labute approximate surface area is 148 Å². The lowest BCUT2D eigenvalue weighted by Gasteiger charge is -2.03. The quantitative estimate of drug-likeness (QED) is 0.545. The second-order valence-electron chi connectivity index (χ2n) is 5.33. The molecule has 7 heteroatoms. The number of benzene rings is 1. The van der Waals surface area contributed by atoms with Gasteiger partial charge in [-0.2, -0.15) is 5.10 Å². The molecule has 0 atom stereocenters. The normalized spacial score (nSPS) is 10.6. The van der Waals surface area contributed by atoms with Crippen LogP contribution in [0.5, 0.6) is 0 Å². The van der Waals surface area contributed by atoms with Crippen molar-refractivity contribution in [2.24, 2.45) is 0 Å². The topological polar surface area (TPSA) is 73.2 Å². The first-order valence-electron chi connectivity index (χ1n) is 7.69. The molecule has 0 aliphatic carbocycles. The van der Waals surface area contributed by atoms with Crippen LogP contribution in [0.1, 0.15) is 15.4 Å². The van der Waals surface area contributed by atoms with Gasteiger partial charge in [-0.3, -0.25) is 4.79 Å². The summed E-state index contributed by atoms with van der Waals surface area (Å²) in [6.07, 6.45) is 1.56. The fourth-order valence-corrected chi connectivity index (χ4v) is 3.41. The number of nitrogens with one attached hydrogen (secondary N) is 1. The smallest absolute Gasteiger partial charge is 0.348 e. The molecule has 2 heterocycles. The van der Waals surface area contributed by atoms with Crippen molar-refractivity contribution in [1.82, 2.24) is 15.1 Å². The van der Waals surface area contributed by atoms with Crippen LogP contribution in [0.3, 0.4) is 0 Å². The monoisotopic (exact) mass is 355 g/mol. The summed E-state index contributed by atoms with van der Waals surface area (Å²) in [6.45, 7) is 5.43. The van der Waals surface area contributed by atoms with E-state index >= 15 is 0 Å². The molecule has 0 aliphatic rings. The van der Waals surface area contributed by atoms with E-state index < -0.39 is 5.97 Å². The average Bonchev–Trinajstić information content (AvgIpc) is 3.19. The maximum absolute atomic E-state index is 12.2. The molecule has 3 aromatic rings. The Morgan fingerprint density at radius 2 is 2.12 bits per heavy atom. The van der Waals surface area contributed by atoms with Gasteiger partial charge in [0.15, 0.2) is 6.61 Å². The molecule has 1 aromatic carbocycles. The van der Waals surface area contributed by atoms with Crippen LogP contribution in [0.15, 0.2) is 49.1 Å². The number of hydrogen-bond acceptors (Lipinski definition) is 5. The van der Waals surface area contributed by atoms with E-state index in [1.807, 2.05) is 41.9 Å². The van der Waals surface area contributed by atoms with Crippen molar-refractivity contribution in [3.8, 4) is 5.69 Å². The van der Waals surface area contributed by atoms with E-state index in [1.54, 1.807) is 12.1 Å². The van der Waals surface area contributed by atoms with Crippen molar-refractivity contribution in [2.75, 3.05) is 13.2 Å². The molecular weight excluding hydrogens is 338 g/mol. The van der Waals surface area contributed by atoms with Gasteiger partial charge in [-0.25, -0.2) is 9.48 Å². The number of amides is 1. The molecule has 0 radical (unpaired) electrons. The Bertz CT molecular complexity index is 928. The second kappa shape index (κ2) is 7.31. The number of ether oxygens (including phenoxy) is 1. The van der Waals surface area contributed by atoms with Crippen molar-refractivity contribution in [3.63, 3.8) is 0 Å². The van der Waals surface area contributed by atoms with Crippen LogP contribution in [0.2, 0.25) is 0 Å². The molecule has 0 aliphatic heterocycles. The van der Waals surface area contributed by atoms with E-state index in [0.29, 0.717) is 11.4 Å². The molecule has 0 saturated heterocycles. The fourth-order valence-electron chi connectivity index (χ4n) is 2.33.